The first-order valence-corrected chi connectivity index (χ1v) is 7.40. The highest BCUT2D eigenvalue weighted by Crippen LogP contribution is 2.28. The lowest BCUT2D eigenvalue weighted by molar-refractivity contribution is -0.672. The van der Waals surface area contributed by atoms with Gasteiger partial charge in [0.15, 0.2) is 0 Å². The molecule has 0 fully saturated rings. The number of imidazole rings is 1. The minimum Gasteiger partial charge on any atom is -0.233 e. The van der Waals surface area contributed by atoms with Gasteiger partial charge in [-0.15, -0.1) is 11.3 Å². The fourth-order valence-corrected chi connectivity index (χ4v) is 3.11. The van der Waals surface area contributed by atoms with E-state index in [0.717, 1.165) is 0 Å². The molecule has 0 bridgehead atoms. The quantitative estimate of drug-likeness (QED) is 0.647. The van der Waals surface area contributed by atoms with E-state index in [1.54, 1.807) is 0 Å². The zero-order chi connectivity index (χ0) is 13.9. The number of hydrogen-bond donors (Lipinski definition) is 0. The monoisotopic (exact) mass is 281 g/mol. The van der Waals surface area contributed by atoms with Crippen molar-refractivity contribution in [1.29, 1.82) is 0 Å². The molecule has 2 nitrogen and oxygen atoms in total. The Bertz CT molecular complexity index is 716. The molecule has 0 unspecified atom stereocenters. The van der Waals surface area contributed by atoms with Gasteiger partial charge in [0.1, 0.15) is 12.4 Å². The highest BCUT2D eigenvalue weighted by molar-refractivity contribution is 7.16. The molecule has 3 rings (SSSR count). The molecule has 2 aromatic heterocycles. The molecular weight excluding hydrogens is 264 g/mol. The van der Waals surface area contributed by atoms with Crippen LogP contribution in [0.1, 0.15) is 10.7 Å². The maximum Gasteiger partial charge on any atom is 0.281 e. The first kappa shape index (κ1) is 12.9. The highest BCUT2D eigenvalue weighted by Gasteiger charge is 2.07. The van der Waals surface area contributed by atoms with Crippen LogP contribution in [-0.2, 0) is 14.1 Å². The summed E-state index contributed by atoms with van der Waals surface area (Å²) in [4.78, 5) is 2.58. The van der Waals surface area contributed by atoms with Crippen LogP contribution < -0.4 is 4.57 Å². The molecular formula is C17H17N2S+. The second-order valence-electron chi connectivity index (χ2n) is 4.78. The van der Waals surface area contributed by atoms with Crippen LogP contribution >= 0.6 is 11.3 Å². The smallest absolute Gasteiger partial charge is 0.233 e. The highest BCUT2D eigenvalue weighted by atomic mass is 32.1. The van der Waals surface area contributed by atoms with Gasteiger partial charge in [-0.2, -0.15) is 0 Å². The van der Waals surface area contributed by atoms with E-state index < -0.39 is 0 Å². The summed E-state index contributed by atoms with van der Waals surface area (Å²) < 4.78 is 4.23. The summed E-state index contributed by atoms with van der Waals surface area (Å²) in [6, 6.07) is 14.9. The number of rotatable bonds is 3. The number of aryl methyl sites for hydroxylation is 2. The lowest BCUT2D eigenvalue weighted by atomic mass is 10.2. The third-order valence-corrected chi connectivity index (χ3v) is 4.42. The Morgan fingerprint density at radius 1 is 1.05 bits per heavy atom. The van der Waals surface area contributed by atoms with Gasteiger partial charge in [0, 0.05) is 15.8 Å². The van der Waals surface area contributed by atoms with Gasteiger partial charge in [-0.05, 0) is 23.8 Å². The zero-order valence-corrected chi connectivity index (χ0v) is 12.5. The first-order chi connectivity index (χ1) is 9.74. The molecule has 0 atom stereocenters. The SMILES string of the molecule is Cn1cc[n+](C)c1/C=C/c1ccc(-c2ccccc2)s1. The van der Waals surface area contributed by atoms with Crippen LogP contribution in [0.2, 0.25) is 0 Å². The molecule has 0 aliphatic heterocycles. The molecule has 2 heterocycles. The molecule has 0 amide bonds. The van der Waals surface area contributed by atoms with Gasteiger partial charge in [-0.1, -0.05) is 30.3 Å². The van der Waals surface area contributed by atoms with Gasteiger partial charge >= 0.3 is 0 Å². The lowest BCUT2D eigenvalue weighted by Crippen LogP contribution is -2.29. The van der Waals surface area contributed by atoms with E-state index in [2.05, 4.69) is 84.2 Å². The van der Waals surface area contributed by atoms with Gasteiger partial charge in [0.25, 0.3) is 5.82 Å². The van der Waals surface area contributed by atoms with Crippen molar-refractivity contribution in [3.05, 3.63) is 65.6 Å². The Balaban J connectivity index is 1.85. The molecule has 0 spiro atoms. The Labute approximate surface area is 123 Å². The van der Waals surface area contributed by atoms with E-state index >= 15 is 0 Å². The van der Waals surface area contributed by atoms with Crippen molar-refractivity contribution in [3.8, 4) is 10.4 Å². The summed E-state index contributed by atoms with van der Waals surface area (Å²) in [6.07, 6.45) is 8.44. The minimum absolute atomic E-state index is 1.18. The molecule has 100 valence electrons. The van der Waals surface area contributed by atoms with Crippen molar-refractivity contribution in [1.82, 2.24) is 4.57 Å². The van der Waals surface area contributed by atoms with E-state index in [1.165, 1.54) is 21.1 Å². The summed E-state index contributed by atoms with van der Waals surface area (Å²) in [5.74, 6) is 1.18. The Hall–Kier alpha value is -2.13. The van der Waals surface area contributed by atoms with E-state index in [0.29, 0.717) is 0 Å². The van der Waals surface area contributed by atoms with Gasteiger partial charge in [0.05, 0.1) is 14.1 Å². The summed E-state index contributed by atoms with van der Waals surface area (Å²) in [5, 5.41) is 0. The second-order valence-corrected chi connectivity index (χ2v) is 5.89. The van der Waals surface area contributed by atoms with Gasteiger partial charge in [0.2, 0.25) is 0 Å². The van der Waals surface area contributed by atoms with Crippen LogP contribution in [0.5, 0.6) is 0 Å². The maximum atomic E-state index is 2.19. The normalized spacial score (nSPS) is 11.3. The number of benzene rings is 1. The molecule has 0 saturated carbocycles. The number of thiophene rings is 1. The van der Waals surface area contributed by atoms with Gasteiger partial charge in [-0.25, -0.2) is 9.13 Å². The number of hydrogen-bond acceptors (Lipinski definition) is 1. The molecule has 0 saturated heterocycles. The first-order valence-electron chi connectivity index (χ1n) is 6.58. The average molecular weight is 281 g/mol. The standard InChI is InChI=1S/C17H17N2S/c1-18-12-13-19(2)17(18)11-9-15-8-10-16(20-15)14-6-4-3-5-7-14/h3-13H,1-2H3/q+1/b11-9+. The van der Waals surface area contributed by atoms with Crippen LogP contribution in [0.15, 0.2) is 54.9 Å². The average Bonchev–Trinajstić information content (AvgIpc) is 3.06. The predicted molar refractivity (Wildman–Crippen MR) is 85.3 cm³/mol. The minimum atomic E-state index is 1.18. The van der Waals surface area contributed by atoms with Crippen molar-refractivity contribution in [3.63, 3.8) is 0 Å². The maximum absolute atomic E-state index is 2.19. The number of aromatic nitrogens is 2. The Morgan fingerprint density at radius 3 is 2.55 bits per heavy atom. The van der Waals surface area contributed by atoms with E-state index in [-0.39, 0.29) is 0 Å². The van der Waals surface area contributed by atoms with Crippen molar-refractivity contribution in [2.24, 2.45) is 14.1 Å². The van der Waals surface area contributed by atoms with Crippen molar-refractivity contribution < 1.29 is 4.57 Å². The molecule has 0 N–H and O–H groups in total. The topological polar surface area (TPSA) is 8.81 Å². The van der Waals surface area contributed by atoms with Gasteiger partial charge < -0.3 is 0 Å². The van der Waals surface area contributed by atoms with Crippen LogP contribution in [0.4, 0.5) is 0 Å². The van der Waals surface area contributed by atoms with Crippen molar-refractivity contribution in [2.45, 2.75) is 0 Å². The van der Waals surface area contributed by atoms with Crippen LogP contribution in [0, 0.1) is 0 Å². The predicted octanol–water partition coefficient (Wildman–Crippen LogP) is 3.75. The van der Waals surface area contributed by atoms with Crippen LogP contribution in [0.25, 0.3) is 22.6 Å². The van der Waals surface area contributed by atoms with E-state index in [4.69, 9.17) is 0 Å². The fraction of sp³-hybridized carbons (Fsp3) is 0.118. The van der Waals surface area contributed by atoms with Crippen LogP contribution in [-0.4, -0.2) is 4.57 Å². The van der Waals surface area contributed by atoms with Crippen LogP contribution in [0.3, 0.4) is 0 Å². The largest absolute Gasteiger partial charge is 0.281 e. The Kier molecular flexibility index (Phi) is 3.52. The molecule has 0 aliphatic carbocycles. The second kappa shape index (κ2) is 5.47. The third kappa shape index (κ3) is 2.58. The summed E-state index contributed by atoms with van der Waals surface area (Å²) >= 11 is 1.81. The fourth-order valence-electron chi connectivity index (χ4n) is 2.19. The summed E-state index contributed by atoms with van der Waals surface area (Å²) in [7, 11) is 4.12. The molecule has 20 heavy (non-hydrogen) atoms. The molecule has 3 heteroatoms. The van der Waals surface area contributed by atoms with E-state index in [1.807, 2.05) is 17.4 Å². The zero-order valence-electron chi connectivity index (χ0n) is 11.7. The lowest BCUT2D eigenvalue weighted by Gasteiger charge is -1.94. The molecule has 1 aromatic carbocycles. The molecule has 0 radical (unpaired) electrons. The van der Waals surface area contributed by atoms with Crippen molar-refractivity contribution in [2.75, 3.05) is 0 Å². The van der Waals surface area contributed by atoms with Gasteiger partial charge in [-0.3, -0.25) is 0 Å². The van der Waals surface area contributed by atoms with E-state index in [9.17, 15) is 0 Å². The molecule has 3 aromatic rings. The Morgan fingerprint density at radius 2 is 1.85 bits per heavy atom. The van der Waals surface area contributed by atoms with Crippen molar-refractivity contribution >= 4 is 23.5 Å². The number of nitrogens with zero attached hydrogens (tertiary/aromatic N) is 2. The summed E-state index contributed by atoms with van der Waals surface area (Å²) in [5.41, 5.74) is 1.28. The summed E-state index contributed by atoms with van der Waals surface area (Å²) in [6.45, 7) is 0. The third-order valence-electron chi connectivity index (χ3n) is 3.32. The molecule has 0 aliphatic rings.